The minimum atomic E-state index is -4.20. The van der Waals surface area contributed by atoms with Crippen molar-refractivity contribution in [2.75, 3.05) is 6.54 Å². The Morgan fingerprint density at radius 3 is 2.79 bits per heavy atom. The van der Waals surface area contributed by atoms with Crippen LogP contribution in [-0.2, 0) is 13.0 Å². The molecule has 0 amide bonds. The van der Waals surface area contributed by atoms with Crippen molar-refractivity contribution >= 4 is 0 Å². The second-order valence-corrected chi connectivity index (χ2v) is 2.93. The maximum Gasteiger partial charge on any atom is 0.396 e. The lowest BCUT2D eigenvalue weighted by atomic mass is 10.4. The summed E-state index contributed by atoms with van der Waals surface area (Å²) in [5.74, 6) is -0.0367. The lowest BCUT2D eigenvalue weighted by Gasteiger charge is -2.02. The van der Waals surface area contributed by atoms with E-state index in [2.05, 4.69) is 15.3 Å². The van der Waals surface area contributed by atoms with Gasteiger partial charge in [0.25, 0.3) is 0 Å². The van der Waals surface area contributed by atoms with Crippen molar-refractivity contribution < 1.29 is 13.2 Å². The third-order valence-corrected chi connectivity index (χ3v) is 1.61. The van der Waals surface area contributed by atoms with Crippen LogP contribution in [0.3, 0.4) is 0 Å². The number of rotatable bonds is 4. The Morgan fingerprint density at radius 2 is 2.21 bits per heavy atom. The average molecular weight is 207 g/mol. The summed E-state index contributed by atoms with van der Waals surface area (Å²) in [4.78, 5) is 6.25. The molecule has 0 atom stereocenters. The minimum Gasteiger partial charge on any atom is -0.345 e. The van der Waals surface area contributed by atoms with Gasteiger partial charge in [0.1, 0.15) is 12.2 Å². The number of aromatic amines is 1. The Hall–Kier alpha value is -1.04. The van der Waals surface area contributed by atoms with Crippen LogP contribution in [0.4, 0.5) is 13.2 Å². The van der Waals surface area contributed by atoms with Gasteiger partial charge in [-0.3, -0.25) is 0 Å². The van der Waals surface area contributed by atoms with E-state index in [-0.39, 0.29) is 5.82 Å². The van der Waals surface area contributed by atoms with Crippen molar-refractivity contribution in [1.29, 1.82) is 0 Å². The van der Waals surface area contributed by atoms with Crippen molar-refractivity contribution in [2.24, 2.45) is 0 Å². The summed E-state index contributed by atoms with van der Waals surface area (Å²) in [5.41, 5.74) is 0.672. The molecule has 0 fully saturated rings. The number of nitrogens with zero attached hydrogens (tertiary/aromatic N) is 1. The van der Waals surface area contributed by atoms with Gasteiger partial charge in [-0.15, -0.1) is 0 Å². The standard InChI is InChI=1S/C8H12F3N3/c1-2-12-4-6-5-13-7(14-6)3-8(9,10)11/h5,12H,2-4H2,1H3,(H,13,14). The number of imidazole rings is 1. The van der Waals surface area contributed by atoms with E-state index in [1.807, 2.05) is 6.92 Å². The van der Waals surface area contributed by atoms with E-state index in [0.717, 1.165) is 6.54 Å². The van der Waals surface area contributed by atoms with Gasteiger partial charge in [0.15, 0.2) is 0 Å². The quantitative estimate of drug-likeness (QED) is 0.787. The number of hydrogen-bond acceptors (Lipinski definition) is 2. The predicted octanol–water partition coefficient (Wildman–Crippen LogP) is 1.62. The Bertz CT molecular complexity index is 280. The van der Waals surface area contributed by atoms with Crippen molar-refractivity contribution in [3.05, 3.63) is 17.7 Å². The topological polar surface area (TPSA) is 40.7 Å². The third-order valence-electron chi connectivity index (χ3n) is 1.61. The number of hydrogen-bond donors (Lipinski definition) is 2. The first-order valence-electron chi connectivity index (χ1n) is 4.31. The molecule has 0 saturated carbocycles. The molecule has 0 spiro atoms. The predicted molar refractivity (Wildman–Crippen MR) is 45.7 cm³/mol. The molecule has 1 heterocycles. The first-order valence-corrected chi connectivity index (χ1v) is 4.31. The highest BCUT2D eigenvalue weighted by molar-refractivity contribution is 5.01. The van der Waals surface area contributed by atoms with Gasteiger partial charge >= 0.3 is 6.18 Å². The van der Waals surface area contributed by atoms with Crippen LogP contribution in [0.15, 0.2) is 6.20 Å². The van der Waals surface area contributed by atoms with Crippen molar-refractivity contribution in [1.82, 2.24) is 15.3 Å². The van der Waals surface area contributed by atoms with Gasteiger partial charge in [0.2, 0.25) is 0 Å². The lowest BCUT2D eigenvalue weighted by molar-refractivity contribution is -0.128. The molecule has 0 aliphatic carbocycles. The van der Waals surface area contributed by atoms with Crippen LogP contribution in [0, 0.1) is 0 Å². The molecule has 0 bridgehead atoms. The normalized spacial score (nSPS) is 12.0. The number of nitrogens with one attached hydrogen (secondary N) is 2. The molecule has 14 heavy (non-hydrogen) atoms. The van der Waals surface area contributed by atoms with E-state index >= 15 is 0 Å². The molecule has 0 aliphatic rings. The average Bonchev–Trinajstić information content (AvgIpc) is 2.46. The van der Waals surface area contributed by atoms with E-state index in [1.54, 1.807) is 0 Å². The Morgan fingerprint density at radius 1 is 1.50 bits per heavy atom. The summed E-state index contributed by atoms with van der Waals surface area (Å²) in [6, 6.07) is 0. The van der Waals surface area contributed by atoms with Crippen LogP contribution in [0.2, 0.25) is 0 Å². The fraction of sp³-hybridized carbons (Fsp3) is 0.625. The number of halogens is 3. The number of aromatic nitrogens is 2. The summed E-state index contributed by atoms with van der Waals surface area (Å²) >= 11 is 0. The van der Waals surface area contributed by atoms with Crippen molar-refractivity contribution in [2.45, 2.75) is 26.1 Å². The summed E-state index contributed by atoms with van der Waals surface area (Å²) < 4.78 is 35.8. The highest BCUT2D eigenvalue weighted by Gasteiger charge is 2.29. The number of alkyl halides is 3. The summed E-state index contributed by atoms with van der Waals surface area (Å²) in [6.45, 7) is 3.21. The van der Waals surface area contributed by atoms with E-state index < -0.39 is 12.6 Å². The van der Waals surface area contributed by atoms with Crippen LogP contribution in [0.5, 0.6) is 0 Å². The highest BCUT2D eigenvalue weighted by atomic mass is 19.4. The van der Waals surface area contributed by atoms with E-state index in [0.29, 0.717) is 12.2 Å². The molecule has 1 aromatic heterocycles. The van der Waals surface area contributed by atoms with Gasteiger partial charge in [0, 0.05) is 18.4 Å². The molecule has 0 aromatic carbocycles. The molecule has 0 radical (unpaired) electrons. The Balaban J connectivity index is 2.51. The first-order chi connectivity index (χ1) is 6.51. The third kappa shape index (κ3) is 3.78. The zero-order valence-electron chi connectivity index (χ0n) is 7.78. The zero-order valence-corrected chi connectivity index (χ0v) is 7.78. The first kappa shape index (κ1) is 11.0. The maximum atomic E-state index is 11.9. The lowest BCUT2D eigenvalue weighted by Crippen LogP contribution is -2.14. The van der Waals surface area contributed by atoms with E-state index in [4.69, 9.17) is 0 Å². The molecule has 1 rings (SSSR count). The summed E-state index contributed by atoms with van der Waals surface area (Å²) in [6.07, 6.45) is -3.78. The molecule has 0 aliphatic heterocycles. The van der Waals surface area contributed by atoms with Gasteiger partial charge < -0.3 is 10.3 Å². The summed E-state index contributed by atoms with van der Waals surface area (Å²) in [5, 5.41) is 2.99. The van der Waals surface area contributed by atoms with Crippen molar-refractivity contribution in [3.8, 4) is 0 Å². The highest BCUT2D eigenvalue weighted by Crippen LogP contribution is 2.19. The van der Waals surface area contributed by atoms with Crippen LogP contribution in [0.1, 0.15) is 18.4 Å². The van der Waals surface area contributed by atoms with Crippen LogP contribution in [0.25, 0.3) is 0 Å². The molecule has 0 unspecified atom stereocenters. The smallest absolute Gasteiger partial charge is 0.345 e. The largest absolute Gasteiger partial charge is 0.396 e. The fourth-order valence-corrected chi connectivity index (χ4v) is 1.03. The Kier molecular flexibility index (Phi) is 3.51. The molecular weight excluding hydrogens is 195 g/mol. The molecule has 3 nitrogen and oxygen atoms in total. The fourth-order valence-electron chi connectivity index (χ4n) is 1.03. The van der Waals surface area contributed by atoms with Gasteiger partial charge in [-0.25, -0.2) is 4.98 Å². The zero-order chi connectivity index (χ0) is 10.6. The van der Waals surface area contributed by atoms with Gasteiger partial charge in [-0.2, -0.15) is 13.2 Å². The summed E-state index contributed by atoms with van der Waals surface area (Å²) in [7, 11) is 0. The second-order valence-electron chi connectivity index (χ2n) is 2.93. The minimum absolute atomic E-state index is 0.0367. The maximum absolute atomic E-state index is 11.9. The van der Waals surface area contributed by atoms with Crippen molar-refractivity contribution in [3.63, 3.8) is 0 Å². The molecule has 2 N–H and O–H groups in total. The SMILES string of the molecule is CCNCc1cnc(CC(F)(F)F)[nH]1. The number of H-pyrrole nitrogens is 1. The Labute approximate surface area is 79.7 Å². The van der Waals surface area contributed by atoms with E-state index in [9.17, 15) is 13.2 Å². The van der Waals surface area contributed by atoms with E-state index in [1.165, 1.54) is 6.20 Å². The molecule has 1 aromatic rings. The molecule has 0 saturated heterocycles. The second kappa shape index (κ2) is 4.45. The van der Waals surface area contributed by atoms with Crippen LogP contribution < -0.4 is 5.32 Å². The molecule has 80 valence electrons. The van der Waals surface area contributed by atoms with Crippen LogP contribution >= 0.6 is 0 Å². The monoisotopic (exact) mass is 207 g/mol. The molecule has 6 heteroatoms. The van der Waals surface area contributed by atoms with Gasteiger partial charge in [-0.05, 0) is 6.54 Å². The molecular formula is C8H12F3N3. The van der Waals surface area contributed by atoms with Gasteiger partial charge in [0.05, 0.1) is 0 Å². The van der Waals surface area contributed by atoms with Gasteiger partial charge in [-0.1, -0.05) is 6.92 Å². The van der Waals surface area contributed by atoms with Crippen LogP contribution in [-0.4, -0.2) is 22.7 Å².